The lowest BCUT2D eigenvalue weighted by molar-refractivity contribution is 0.184. The molecule has 0 N–H and O–H groups in total. The zero-order chi connectivity index (χ0) is 9.97. The van der Waals surface area contributed by atoms with Crippen LogP contribution in [0.5, 0.6) is 0 Å². The lowest BCUT2D eigenvalue weighted by Gasteiger charge is -2.07. The van der Waals surface area contributed by atoms with Gasteiger partial charge in [0.15, 0.2) is 0 Å². The second kappa shape index (κ2) is 4.45. The highest BCUT2D eigenvalue weighted by atomic mass is 79.9. The fourth-order valence-corrected chi connectivity index (χ4v) is 2.70. The summed E-state index contributed by atoms with van der Waals surface area (Å²) < 4.78 is 5.20. The maximum atomic E-state index is 5.20. The van der Waals surface area contributed by atoms with Crippen molar-refractivity contribution in [3.05, 3.63) is 35.4 Å². The van der Waals surface area contributed by atoms with Crippen LogP contribution in [-0.4, -0.2) is 12.4 Å². The fourth-order valence-electron chi connectivity index (χ4n) is 1.98. The van der Waals surface area contributed by atoms with Crippen LogP contribution in [-0.2, 0) is 11.3 Å². The van der Waals surface area contributed by atoms with Gasteiger partial charge in [-0.1, -0.05) is 40.2 Å². The summed E-state index contributed by atoms with van der Waals surface area (Å²) in [6, 6.07) is 8.62. The molecule has 1 fully saturated rings. The molecule has 0 amide bonds. The van der Waals surface area contributed by atoms with E-state index in [1.165, 1.54) is 17.5 Å². The molecule has 1 aromatic rings. The first-order chi connectivity index (χ1) is 6.86. The Morgan fingerprint density at radius 3 is 2.86 bits per heavy atom. The van der Waals surface area contributed by atoms with Crippen molar-refractivity contribution in [3.8, 4) is 0 Å². The van der Waals surface area contributed by atoms with E-state index in [1.54, 1.807) is 7.11 Å². The first kappa shape index (κ1) is 10.2. The maximum Gasteiger partial charge on any atom is 0.0715 e. The number of benzene rings is 1. The Morgan fingerprint density at radius 1 is 1.43 bits per heavy atom. The van der Waals surface area contributed by atoms with E-state index in [9.17, 15) is 0 Å². The molecule has 0 heterocycles. The van der Waals surface area contributed by atoms with Crippen LogP contribution in [0, 0.1) is 5.92 Å². The Morgan fingerprint density at radius 2 is 2.21 bits per heavy atom. The third-order valence-electron chi connectivity index (χ3n) is 2.88. The van der Waals surface area contributed by atoms with Crippen molar-refractivity contribution < 1.29 is 4.74 Å². The van der Waals surface area contributed by atoms with Crippen molar-refractivity contribution in [1.29, 1.82) is 0 Å². The van der Waals surface area contributed by atoms with Crippen molar-refractivity contribution >= 4 is 15.9 Å². The van der Waals surface area contributed by atoms with Gasteiger partial charge in [0.05, 0.1) is 6.61 Å². The second-order valence-electron chi connectivity index (χ2n) is 3.89. The van der Waals surface area contributed by atoms with Crippen molar-refractivity contribution in [2.24, 2.45) is 5.92 Å². The van der Waals surface area contributed by atoms with Crippen LogP contribution in [0.3, 0.4) is 0 Å². The van der Waals surface area contributed by atoms with Crippen molar-refractivity contribution in [1.82, 2.24) is 0 Å². The van der Waals surface area contributed by atoms with E-state index in [4.69, 9.17) is 4.74 Å². The van der Waals surface area contributed by atoms with E-state index >= 15 is 0 Å². The van der Waals surface area contributed by atoms with Gasteiger partial charge in [-0.25, -0.2) is 0 Å². The summed E-state index contributed by atoms with van der Waals surface area (Å²) >= 11 is 3.55. The highest BCUT2D eigenvalue weighted by Gasteiger charge is 2.38. The van der Waals surface area contributed by atoms with Gasteiger partial charge in [-0.2, -0.15) is 0 Å². The minimum Gasteiger partial charge on any atom is -0.380 e. The summed E-state index contributed by atoms with van der Waals surface area (Å²) in [5.74, 6) is 1.61. The van der Waals surface area contributed by atoms with Crippen molar-refractivity contribution in [3.63, 3.8) is 0 Å². The quantitative estimate of drug-likeness (QED) is 0.750. The summed E-state index contributed by atoms with van der Waals surface area (Å²) in [5, 5.41) is 1.12. The average molecular weight is 255 g/mol. The number of methoxy groups -OCH3 is 1. The fraction of sp³-hybridized carbons (Fsp3) is 0.500. The van der Waals surface area contributed by atoms with Gasteiger partial charge < -0.3 is 4.74 Å². The van der Waals surface area contributed by atoms with Crippen LogP contribution in [0.4, 0.5) is 0 Å². The van der Waals surface area contributed by atoms with Crippen LogP contribution in [0.1, 0.15) is 23.5 Å². The SMILES string of the molecule is COCc1ccccc1C1CC1CBr. The van der Waals surface area contributed by atoms with E-state index in [-0.39, 0.29) is 0 Å². The standard InChI is InChI=1S/C12H15BrO/c1-14-8-9-4-2-3-5-11(9)12-6-10(12)7-13/h2-5,10,12H,6-8H2,1H3. The number of hydrogen-bond acceptors (Lipinski definition) is 1. The lowest BCUT2D eigenvalue weighted by atomic mass is 10.0. The summed E-state index contributed by atoms with van der Waals surface area (Å²) in [5.41, 5.74) is 2.84. The average Bonchev–Trinajstić information content (AvgIpc) is 2.98. The molecule has 14 heavy (non-hydrogen) atoms. The molecule has 0 spiro atoms. The molecule has 1 aliphatic rings. The van der Waals surface area contributed by atoms with Crippen LogP contribution in [0.2, 0.25) is 0 Å². The highest BCUT2D eigenvalue weighted by Crippen LogP contribution is 2.49. The molecule has 2 rings (SSSR count). The Labute approximate surface area is 93.6 Å². The molecule has 0 radical (unpaired) electrons. The normalized spacial score (nSPS) is 25.0. The van der Waals surface area contributed by atoms with Crippen LogP contribution in [0.15, 0.2) is 24.3 Å². The zero-order valence-corrected chi connectivity index (χ0v) is 9.96. The summed E-state index contributed by atoms with van der Waals surface area (Å²) in [6.07, 6.45) is 1.33. The summed E-state index contributed by atoms with van der Waals surface area (Å²) in [4.78, 5) is 0. The van der Waals surface area contributed by atoms with Gasteiger partial charge in [-0.05, 0) is 29.4 Å². The molecule has 1 nitrogen and oxygen atoms in total. The highest BCUT2D eigenvalue weighted by molar-refractivity contribution is 9.09. The zero-order valence-electron chi connectivity index (χ0n) is 8.37. The number of ether oxygens (including phenoxy) is 1. The Hall–Kier alpha value is -0.340. The smallest absolute Gasteiger partial charge is 0.0715 e. The van der Waals surface area contributed by atoms with Crippen molar-refractivity contribution in [2.75, 3.05) is 12.4 Å². The molecular weight excluding hydrogens is 240 g/mol. The molecule has 0 aliphatic heterocycles. The van der Waals surface area contributed by atoms with Gasteiger partial charge in [-0.15, -0.1) is 0 Å². The van der Waals surface area contributed by atoms with Gasteiger partial charge in [0, 0.05) is 12.4 Å². The Kier molecular flexibility index (Phi) is 3.24. The molecule has 1 aliphatic carbocycles. The first-order valence-corrected chi connectivity index (χ1v) is 6.11. The van der Waals surface area contributed by atoms with Crippen LogP contribution < -0.4 is 0 Å². The summed E-state index contributed by atoms with van der Waals surface area (Å²) in [6.45, 7) is 0.738. The Balaban J connectivity index is 2.16. The van der Waals surface area contributed by atoms with E-state index in [0.29, 0.717) is 0 Å². The van der Waals surface area contributed by atoms with Crippen LogP contribution in [0.25, 0.3) is 0 Å². The number of halogens is 1. The largest absolute Gasteiger partial charge is 0.380 e. The monoisotopic (exact) mass is 254 g/mol. The molecular formula is C12H15BrO. The first-order valence-electron chi connectivity index (χ1n) is 4.99. The van der Waals surface area contributed by atoms with Crippen molar-refractivity contribution in [2.45, 2.75) is 18.9 Å². The molecule has 1 aromatic carbocycles. The third kappa shape index (κ3) is 2.01. The predicted octanol–water partition coefficient (Wildman–Crippen LogP) is 3.33. The molecule has 2 heteroatoms. The topological polar surface area (TPSA) is 9.23 Å². The van der Waals surface area contributed by atoms with Gasteiger partial charge in [0.2, 0.25) is 0 Å². The van der Waals surface area contributed by atoms with E-state index in [2.05, 4.69) is 40.2 Å². The van der Waals surface area contributed by atoms with E-state index < -0.39 is 0 Å². The molecule has 0 bridgehead atoms. The molecule has 2 unspecified atom stereocenters. The lowest BCUT2D eigenvalue weighted by Crippen LogP contribution is -1.95. The molecule has 2 atom stereocenters. The number of hydrogen-bond donors (Lipinski definition) is 0. The minimum absolute atomic E-state index is 0.738. The third-order valence-corrected chi connectivity index (χ3v) is 3.71. The second-order valence-corrected chi connectivity index (χ2v) is 4.54. The Bertz CT molecular complexity index is 311. The van der Waals surface area contributed by atoms with Gasteiger partial charge in [-0.3, -0.25) is 0 Å². The molecule has 0 aromatic heterocycles. The predicted molar refractivity (Wildman–Crippen MR) is 61.8 cm³/mol. The molecule has 1 saturated carbocycles. The number of alkyl halides is 1. The summed E-state index contributed by atoms with van der Waals surface area (Å²) in [7, 11) is 1.76. The van der Waals surface area contributed by atoms with Gasteiger partial charge in [0.1, 0.15) is 0 Å². The van der Waals surface area contributed by atoms with Crippen LogP contribution >= 0.6 is 15.9 Å². The number of rotatable bonds is 4. The molecule has 0 saturated heterocycles. The minimum atomic E-state index is 0.738. The van der Waals surface area contributed by atoms with E-state index in [1.807, 2.05) is 0 Å². The van der Waals surface area contributed by atoms with E-state index in [0.717, 1.165) is 23.8 Å². The maximum absolute atomic E-state index is 5.20. The van der Waals surface area contributed by atoms with Gasteiger partial charge in [0.25, 0.3) is 0 Å². The molecule has 76 valence electrons. The van der Waals surface area contributed by atoms with Gasteiger partial charge >= 0.3 is 0 Å².